The summed E-state index contributed by atoms with van der Waals surface area (Å²) >= 11 is 5.88. The van der Waals surface area contributed by atoms with Crippen LogP contribution in [0.3, 0.4) is 0 Å². The number of benzene rings is 3. The Morgan fingerprint density at radius 1 is 0.935 bits per heavy atom. The van der Waals surface area contributed by atoms with Gasteiger partial charge in [0.25, 0.3) is 11.8 Å². The van der Waals surface area contributed by atoms with Crippen molar-refractivity contribution in [2.75, 3.05) is 26.6 Å². The van der Waals surface area contributed by atoms with Crippen molar-refractivity contribution in [1.82, 2.24) is 4.90 Å². The van der Waals surface area contributed by atoms with Crippen molar-refractivity contribution in [3.63, 3.8) is 0 Å². The minimum atomic E-state index is -0.320. The molecular formula is C24H23ClN2O4. The first kappa shape index (κ1) is 22.2. The average Bonchev–Trinajstić information content (AvgIpc) is 2.79. The Labute approximate surface area is 186 Å². The lowest BCUT2D eigenvalue weighted by Gasteiger charge is -2.20. The van der Waals surface area contributed by atoms with E-state index in [0.29, 0.717) is 39.9 Å². The molecule has 0 spiro atoms. The zero-order chi connectivity index (χ0) is 22.4. The average molecular weight is 439 g/mol. The standard InChI is InChI=1S/C24H23ClN2O4/c1-27(15-16-8-13-21(30-2)22(14-16)31-3)24(29)19-6-4-5-7-20(19)26-23(28)17-9-11-18(25)12-10-17/h4-14H,15H2,1-3H3,(H,26,28). The number of carbonyl (C=O) groups excluding carboxylic acids is 2. The molecule has 0 saturated heterocycles. The summed E-state index contributed by atoms with van der Waals surface area (Å²) in [5.41, 5.74) is 2.17. The Morgan fingerprint density at radius 2 is 1.61 bits per heavy atom. The Morgan fingerprint density at radius 3 is 2.29 bits per heavy atom. The predicted molar refractivity (Wildman–Crippen MR) is 121 cm³/mol. The van der Waals surface area contributed by atoms with Crippen molar-refractivity contribution in [3.05, 3.63) is 88.4 Å². The van der Waals surface area contributed by atoms with E-state index < -0.39 is 0 Å². The van der Waals surface area contributed by atoms with Crippen molar-refractivity contribution < 1.29 is 19.1 Å². The quantitative estimate of drug-likeness (QED) is 0.570. The molecule has 0 saturated carbocycles. The number of methoxy groups -OCH3 is 2. The molecule has 3 aromatic rings. The second kappa shape index (κ2) is 10.00. The number of halogens is 1. The van der Waals surface area contributed by atoms with E-state index in [4.69, 9.17) is 21.1 Å². The second-order valence-corrected chi connectivity index (χ2v) is 7.29. The number of amides is 2. The Kier molecular flexibility index (Phi) is 7.15. The van der Waals surface area contributed by atoms with Crippen molar-refractivity contribution >= 4 is 29.1 Å². The van der Waals surface area contributed by atoms with Gasteiger partial charge in [-0.05, 0) is 54.1 Å². The molecule has 31 heavy (non-hydrogen) atoms. The topological polar surface area (TPSA) is 67.9 Å². The first-order chi connectivity index (χ1) is 14.9. The molecule has 0 bridgehead atoms. The Hall–Kier alpha value is -3.51. The van der Waals surface area contributed by atoms with E-state index in [2.05, 4.69) is 5.32 Å². The molecule has 0 aliphatic rings. The Bertz CT molecular complexity index is 1080. The van der Waals surface area contributed by atoms with E-state index in [1.165, 1.54) is 0 Å². The van der Waals surface area contributed by atoms with Gasteiger partial charge in [-0.3, -0.25) is 9.59 Å². The summed E-state index contributed by atoms with van der Waals surface area (Å²) in [6.07, 6.45) is 0. The van der Waals surface area contributed by atoms with Crippen molar-refractivity contribution in [1.29, 1.82) is 0 Å². The monoisotopic (exact) mass is 438 g/mol. The molecule has 0 unspecified atom stereocenters. The molecule has 0 aliphatic heterocycles. The summed E-state index contributed by atoms with van der Waals surface area (Å²) in [4.78, 5) is 27.3. The molecule has 160 valence electrons. The Balaban J connectivity index is 1.77. The van der Waals surface area contributed by atoms with Gasteiger partial charge in [0.05, 0.1) is 25.5 Å². The van der Waals surface area contributed by atoms with Crippen LogP contribution in [0.25, 0.3) is 0 Å². The van der Waals surface area contributed by atoms with E-state index in [1.54, 1.807) is 80.8 Å². The van der Waals surface area contributed by atoms with Crippen LogP contribution in [-0.4, -0.2) is 38.0 Å². The van der Waals surface area contributed by atoms with E-state index >= 15 is 0 Å². The number of rotatable bonds is 7. The van der Waals surface area contributed by atoms with Crippen molar-refractivity contribution in [3.8, 4) is 11.5 Å². The van der Waals surface area contributed by atoms with Crippen molar-refractivity contribution in [2.24, 2.45) is 0 Å². The molecule has 0 heterocycles. The molecule has 0 atom stereocenters. The van der Waals surface area contributed by atoms with Crippen LogP contribution in [0.1, 0.15) is 26.3 Å². The smallest absolute Gasteiger partial charge is 0.256 e. The molecule has 7 heteroatoms. The highest BCUT2D eigenvalue weighted by atomic mass is 35.5. The van der Waals surface area contributed by atoms with Gasteiger partial charge in [0, 0.05) is 24.2 Å². The molecule has 0 aliphatic carbocycles. The zero-order valence-corrected chi connectivity index (χ0v) is 18.3. The van der Waals surface area contributed by atoms with Gasteiger partial charge >= 0.3 is 0 Å². The van der Waals surface area contributed by atoms with Gasteiger partial charge in [0.15, 0.2) is 11.5 Å². The van der Waals surface area contributed by atoms with Crippen LogP contribution >= 0.6 is 11.6 Å². The highest BCUT2D eigenvalue weighted by molar-refractivity contribution is 6.30. The van der Waals surface area contributed by atoms with Gasteiger partial charge in [0.1, 0.15) is 0 Å². The number of hydrogen-bond acceptors (Lipinski definition) is 4. The maximum atomic E-state index is 13.1. The molecule has 6 nitrogen and oxygen atoms in total. The van der Waals surface area contributed by atoms with Gasteiger partial charge < -0.3 is 19.7 Å². The number of nitrogens with zero attached hydrogens (tertiary/aromatic N) is 1. The number of carbonyl (C=O) groups is 2. The number of hydrogen-bond donors (Lipinski definition) is 1. The van der Waals surface area contributed by atoms with Crippen LogP contribution in [0, 0.1) is 0 Å². The van der Waals surface area contributed by atoms with Crippen molar-refractivity contribution in [2.45, 2.75) is 6.54 Å². The molecule has 3 rings (SSSR count). The normalized spacial score (nSPS) is 10.3. The summed E-state index contributed by atoms with van der Waals surface area (Å²) < 4.78 is 10.6. The molecule has 0 radical (unpaired) electrons. The molecule has 0 fully saturated rings. The van der Waals surface area contributed by atoms with Crippen LogP contribution in [0.2, 0.25) is 5.02 Å². The molecule has 3 aromatic carbocycles. The van der Waals surface area contributed by atoms with Crippen LogP contribution in [0.4, 0.5) is 5.69 Å². The molecule has 1 N–H and O–H groups in total. The number of ether oxygens (including phenoxy) is 2. The summed E-state index contributed by atoms with van der Waals surface area (Å²) in [5.74, 6) is 0.674. The third kappa shape index (κ3) is 5.35. The minimum absolute atomic E-state index is 0.221. The molecular weight excluding hydrogens is 416 g/mol. The van der Waals surface area contributed by atoms with Crippen LogP contribution in [0.15, 0.2) is 66.7 Å². The fraction of sp³-hybridized carbons (Fsp3) is 0.167. The van der Waals surface area contributed by atoms with E-state index in [-0.39, 0.29) is 11.8 Å². The van der Waals surface area contributed by atoms with Crippen LogP contribution in [0.5, 0.6) is 11.5 Å². The molecule has 0 aromatic heterocycles. The van der Waals surface area contributed by atoms with Gasteiger partial charge in [-0.2, -0.15) is 0 Å². The third-order valence-electron chi connectivity index (χ3n) is 4.73. The van der Waals surface area contributed by atoms with Crippen LogP contribution in [-0.2, 0) is 6.54 Å². The van der Waals surface area contributed by atoms with E-state index in [1.807, 2.05) is 12.1 Å². The lowest BCUT2D eigenvalue weighted by molar-refractivity contribution is 0.0786. The van der Waals surface area contributed by atoms with Crippen LogP contribution < -0.4 is 14.8 Å². The van der Waals surface area contributed by atoms with E-state index in [0.717, 1.165) is 5.56 Å². The fourth-order valence-corrected chi connectivity index (χ4v) is 3.23. The number of para-hydroxylation sites is 1. The number of nitrogens with one attached hydrogen (secondary N) is 1. The largest absolute Gasteiger partial charge is 0.493 e. The highest BCUT2D eigenvalue weighted by Gasteiger charge is 2.18. The van der Waals surface area contributed by atoms with Gasteiger partial charge in [-0.1, -0.05) is 29.8 Å². The lowest BCUT2D eigenvalue weighted by Crippen LogP contribution is -2.27. The maximum absolute atomic E-state index is 13.1. The lowest BCUT2D eigenvalue weighted by atomic mass is 10.1. The van der Waals surface area contributed by atoms with Gasteiger partial charge in [-0.25, -0.2) is 0 Å². The SMILES string of the molecule is COc1ccc(CN(C)C(=O)c2ccccc2NC(=O)c2ccc(Cl)cc2)cc1OC. The summed E-state index contributed by atoms with van der Waals surface area (Å²) in [5, 5.41) is 3.36. The summed E-state index contributed by atoms with van der Waals surface area (Å²) in [6, 6.07) is 19.0. The maximum Gasteiger partial charge on any atom is 0.256 e. The third-order valence-corrected chi connectivity index (χ3v) is 4.98. The first-order valence-electron chi connectivity index (χ1n) is 9.55. The fourth-order valence-electron chi connectivity index (χ4n) is 3.10. The first-order valence-corrected chi connectivity index (χ1v) is 9.93. The number of anilines is 1. The van der Waals surface area contributed by atoms with Gasteiger partial charge in [-0.15, -0.1) is 0 Å². The van der Waals surface area contributed by atoms with E-state index in [9.17, 15) is 9.59 Å². The molecule has 2 amide bonds. The summed E-state index contributed by atoms with van der Waals surface area (Å²) in [7, 11) is 4.84. The zero-order valence-electron chi connectivity index (χ0n) is 17.5. The van der Waals surface area contributed by atoms with Gasteiger partial charge in [0.2, 0.25) is 0 Å². The second-order valence-electron chi connectivity index (χ2n) is 6.86. The highest BCUT2D eigenvalue weighted by Crippen LogP contribution is 2.28. The minimum Gasteiger partial charge on any atom is -0.493 e. The predicted octanol–water partition coefficient (Wildman–Crippen LogP) is 4.88. The summed E-state index contributed by atoms with van der Waals surface area (Å²) in [6.45, 7) is 0.360.